The normalized spacial score (nSPS) is 17.8. The number of thioether (sulfide) groups is 1. The molecule has 4 unspecified atom stereocenters. The lowest BCUT2D eigenvalue weighted by Crippen LogP contribution is -2.38. The van der Waals surface area contributed by atoms with Gasteiger partial charge in [-0.2, -0.15) is 0 Å². The Morgan fingerprint density at radius 3 is 2.09 bits per heavy atom. The van der Waals surface area contributed by atoms with Crippen LogP contribution in [-0.4, -0.2) is 34.1 Å². The summed E-state index contributed by atoms with van der Waals surface area (Å²) < 4.78 is 19.2. The van der Waals surface area contributed by atoms with Gasteiger partial charge >= 0.3 is 12.0 Å². The second-order valence-electron chi connectivity index (χ2n) is 13.5. The van der Waals surface area contributed by atoms with Crippen LogP contribution in [0.3, 0.4) is 0 Å². The third-order valence-corrected chi connectivity index (χ3v) is 10.8. The first-order chi connectivity index (χ1) is 27.3. The summed E-state index contributed by atoms with van der Waals surface area (Å²) in [6.07, 6.45) is -1.08. The van der Waals surface area contributed by atoms with E-state index in [1.165, 1.54) is 0 Å². The fourth-order valence-corrected chi connectivity index (χ4v) is 7.61. The number of ether oxygens (including phenoxy) is 3. The second-order valence-corrected chi connectivity index (χ2v) is 14.6. The van der Waals surface area contributed by atoms with E-state index in [1.807, 2.05) is 127 Å². The van der Waals surface area contributed by atoms with Gasteiger partial charge in [0.05, 0.1) is 24.4 Å². The third-order valence-electron chi connectivity index (χ3n) is 9.68. The van der Waals surface area contributed by atoms with Gasteiger partial charge in [0.25, 0.3) is 0 Å². The van der Waals surface area contributed by atoms with E-state index in [9.17, 15) is 19.8 Å². The Balaban J connectivity index is 1.02. The number of para-hydroxylation sites is 1. The molecule has 284 valence electrons. The van der Waals surface area contributed by atoms with Gasteiger partial charge < -0.3 is 35.1 Å². The SMILES string of the molecule is CC1C(CSc2ccc(C(=O)O)cc2)OC(c2ccc(-c3ccccc3CNC(=O)Nc3ccc(Oc4ccccc4)cc3)cc2)OC1c1ccc(CO)cc1. The van der Waals surface area contributed by atoms with Crippen molar-refractivity contribution in [3.8, 4) is 22.6 Å². The maximum atomic E-state index is 12.9. The van der Waals surface area contributed by atoms with Crippen LogP contribution < -0.4 is 15.4 Å². The van der Waals surface area contributed by atoms with Gasteiger partial charge in [0.15, 0.2) is 6.29 Å². The number of carbonyl (C=O) groups excluding carboxylic acids is 1. The zero-order chi connectivity index (χ0) is 38.9. The molecule has 0 aliphatic carbocycles. The van der Waals surface area contributed by atoms with Gasteiger partial charge in [0, 0.05) is 34.4 Å². The molecule has 0 spiro atoms. The molecule has 0 saturated carbocycles. The number of anilines is 1. The average Bonchev–Trinajstić information content (AvgIpc) is 3.24. The monoisotopic (exact) mass is 766 g/mol. The van der Waals surface area contributed by atoms with Gasteiger partial charge in [-0.05, 0) is 88.5 Å². The van der Waals surface area contributed by atoms with Crippen molar-refractivity contribution in [2.24, 2.45) is 5.92 Å². The summed E-state index contributed by atoms with van der Waals surface area (Å²) in [5, 5.41) is 24.8. The summed E-state index contributed by atoms with van der Waals surface area (Å²) >= 11 is 1.61. The van der Waals surface area contributed by atoms with E-state index in [-0.39, 0.29) is 36.3 Å². The number of urea groups is 1. The van der Waals surface area contributed by atoms with Crippen LogP contribution in [-0.2, 0) is 22.6 Å². The lowest BCUT2D eigenvalue weighted by Gasteiger charge is -2.41. The summed E-state index contributed by atoms with van der Waals surface area (Å²) in [7, 11) is 0. The fourth-order valence-electron chi connectivity index (χ4n) is 6.54. The highest BCUT2D eigenvalue weighted by molar-refractivity contribution is 7.99. The summed E-state index contributed by atoms with van der Waals surface area (Å²) in [4.78, 5) is 25.2. The van der Waals surface area contributed by atoms with Crippen LogP contribution in [0, 0.1) is 5.92 Å². The van der Waals surface area contributed by atoms with Crippen LogP contribution in [0.1, 0.15) is 51.9 Å². The highest BCUT2D eigenvalue weighted by Gasteiger charge is 2.38. The van der Waals surface area contributed by atoms with Gasteiger partial charge in [-0.15, -0.1) is 11.8 Å². The number of hydrogen-bond acceptors (Lipinski definition) is 7. The summed E-state index contributed by atoms with van der Waals surface area (Å²) in [5.41, 5.74) is 6.52. The predicted molar refractivity (Wildman–Crippen MR) is 218 cm³/mol. The molecule has 10 heteroatoms. The number of hydrogen-bond donors (Lipinski definition) is 4. The Morgan fingerprint density at radius 1 is 0.732 bits per heavy atom. The molecular formula is C46H42N2O7S. The number of aliphatic hydroxyl groups is 1. The van der Waals surface area contributed by atoms with E-state index in [0.717, 1.165) is 44.0 Å². The molecule has 2 amide bonds. The first-order valence-corrected chi connectivity index (χ1v) is 19.3. The highest BCUT2D eigenvalue weighted by Crippen LogP contribution is 2.43. The Labute approximate surface area is 330 Å². The fraction of sp³-hybridized carbons (Fsp3) is 0.174. The number of rotatable bonds is 13. The standard InChI is InChI=1S/C46H42N2O7S/c1-30-42(29-56-40-25-19-34(20-26-40)44(50)51)54-45(55-43(30)33-13-11-31(28-49)12-14-33)35-17-15-32(16-18-35)41-10-6-5-7-36(41)27-47-46(52)48-37-21-23-39(24-22-37)53-38-8-3-2-4-9-38/h2-26,30,42-43,45,49H,27-29H2,1H3,(H,50,51)(H2,47,48,52). The smallest absolute Gasteiger partial charge is 0.335 e. The molecule has 7 rings (SSSR count). The average molecular weight is 767 g/mol. The van der Waals surface area contributed by atoms with Gasteiger partial charge in [0.2, 0.25) is 0 Å². The molecule has 4 N–H and O–H groups in total. The largest absolute Gasteiger partial charge is 0.478 e. The number of benzene rings is 6. The van der Waals surface area contributed by atoms with Crippen molar-refractivity contribution in [2.75, 3.05) is 11.1 Å². The molecule has 6 aromatic carbocycles. The van der Waals surface area contributed by atoms with Crippen LogP contribution in [0.2, 0.25) is 0 Å². The molecule has 0 radical (unpaired) electrons. The van der Waals surface area contributed by atoms with Crippen molar-refractivity contribution in [3.05, 3.63) is 179 Å². The van der Waals surface area contributed by atoms with Crippen molar-refractivity contribution in [1.29, 1.82) is 0 Å². The highest BCUT2D eigenvalue weighted by atomic mass is 32.2. The van der Waals surface area contributed by atoms with Crippen molar-refractivity contribution in [2.45, 2.75) is 43.5 Å². The van der Waals surface area contributed by atoms with E-state index in [1.54, 1.807) is 36.0 Å². The molecule has 1 heterocycles. The zero-order valence-electron chi connectivity index (χ0n) is 30.7. The Hall–Kier alpha value is -5.91. The van der Waals surface area contributed by atoms with Crippen molar-refractivity contribution in [1.82, 2.24) is 5.32 Å². The first-order valence-electron chi connectivity index (χ1n) is 18.4. The number of aromatic carboxylic acids is 1. The second kappa shape index (κ2) is 18.1. The zero-order valence-corrected chi connectivity index (χ0v) is 31.5. The van der Waals surface area contributed by atoms with Gasteiger partial charge in [-0.25, -0.2) is 9.59 Å². The quantitative estimate of drug-likeness (QED) is 0.0856. The Bertz CT molecular complexity index is 2220. The van der Waals surface area contributed by atoms with E-state index >= 15 is 0 Å². The molecule has 0 bridgehead atoms. The van der Waals surface area contributed by atoms with E-state index in [4.69, 9.17) is 14.2 Å². The molecule has 56 heavy (non-hydrogen) atoms. The van der Waals surface area contributed by atoms with E-state index in [0.29, 0.717) is 23.7 Å². The van der Waals surface area contributed by atoms with E-state index in [2.05, 4.69) is 17.6 Å². The molecular weight excluding hydrogens is 725 g/mol. The molecule has 1 saturated heterocycles. The summed E-state index contributed by atoms with van der Waals surface area (Å²) in [6, 6.07) is 47.2. The van der Waals surface area contributed by atoms with Crippen molar-refractivity contribution in [3.63, 3.8) is 0 Å². The molecule has 1 aliphatic rings. The molecule has 1 aliphatic heterocycles. The van der Waals surface area contributed by atoms with Crippen LogP contribution >= 0.6 is 11.8 Å². The third kappa shape index (κ3) is 9.66. The Kier molecular flexibility index (Phi) is 12.4. The minimum absolute atomic E-state index is 0.000822. The number of nitrogens with one attached hydrogen (secondary N) is 2. The van der Waals surface area contributed by atoms with Crippen LogP contribution in [0.25, 0.3) is 11.1 Å². The minimum Gasteiger partial charge on any atom is -0.478 e. The predicted octanol–water partition coefficient (Wildman–Crippen LogP) is 10.2. The molecule has 4 atom stereocenters. The summed E-state index contributed by atoms with van der Waals surface area (Å²) in [5.74, 6) is 1.10. The van der Waals surface area contributed by atoms with Crippen LogP contribution in [0.15, 0.2) is 157 Å². The topological polar surface area (TPSA) is 126 Å². The Morgan fingerprint density at radius 2 is 1.39 bits per heavy atom. The molecule has 9 nitrogen and oxygen atoms in total. The van der Waals surface area contributed by atoms with Crippen LogP contribution in [0.4, 0.5) is 10.5 Å². The minimum atomic E-state index is -0.955. The van der Waals surface area contributed by atoms with E-state index < -0.39 is 12.3 Å². The molecule has 0 aromatic heterocycles. The lowest BCUT2D eigenvalue weighted by atomic mass is 9.91. The summed E-state index contributed by atoms with van der Waals surface area (Å²) in [6.45, 7) is 2.40. The van der Waals surface area contributed by atoms with Crippen molar-refractivity contribution < 1.29 is 34.0 Å². The molecule has 1 fully saturated rings. The number of carboxylic acid groups (broad SMARTS) is 1. The van der Waals surface area contributed by atoms with Gasteiger partial charge in [-0.3, -0.25) is 0 Å². The maximum absolute atomic E-state index is 12.9. The van der Waals surface area contributed by atoms with Gasteiger partial charge in [0.1, 0.15) is 11.5 Å². The number of carbonyl (C=O) groups is 2. The van der Waals surface area contributed by atoms with Crippen LogP contribution in [0.5, 0.6) is 11.5 Å². The van der Waals surface area contributed by atoms with Crippen molar-refractivity contribution >= 4 is 29.4 Å². The first kappa shape index (κ1) is 38.4. The number of amides is 2. The maximum Gasteiger partial charge on any atom is 0.335 e. The molecule has 6 aromatic rings. The number of aliphatic hydroxyl groups excluding tert-OH is 1. The number of carboxylic acids is 1. The lowest BCUT2D eigenvalue weighted by molar-refractivity contribution is -0.268. The van der Waals surface area contributed by atoms with Gasteiger partial charge in [-0.1, -0.05) is 97.9 Å².